The summed E-state index contributed by atoms with van der Waals surface area (Å²) in [5.74, 6) is 0. The van der Waals surface area contributed by atoms with E-state index in [0.29, 0.717) is 6.61 Å². The zero-order chi connectivity index (χ0) is 12.1. The molecule has 0 saturated carbocycles. The third-order valence-electron chi connectivity index (χ3n) is 0.933. The van der Waals surface area contributed by atoms with Gasteiger partial charge in [-0.05, 0) is 6.92 Å². The van der Waals surface area contributed by atoms with Crippen molar-refractivity contribution in [3.63, 3.8) is 0 Å². The zero-order valence-electron chi connectivity index (χ0n) is 8.63. The zero-order valence-corrected chi connectivity index (χ0v) is 8.63. The van der Waals surface area contributed by atoms with Gasteiger partial charge in [-0.25, -0.2) is 4.79 Å². The van der Waals surface area contributed by atoms with Crippen molar-refractivity contribution in [3.8, 4) is 0 Å². The maximum absolute atomic E-state index is 10.0. The molecule has 7 heteroatoms. The topological polar surface area (TPSA) is 116 Å². The van der Waals surface area contributed by atoms with E-state index in [1.54, 1.807) is 6.92 Å². The van der Waals surface area contributed by atoms with Gasteiger partial charge in [0.15, 0.2) is 0 Å². The van der Waals surface area contributed by atoms with Gasteiger partial charge in [0, 0.05) is 0 Å². The first-order valence-corrected chi connectivity index (χ1v) is 4.39. The number of hydrogen-bond acceptors (Lipinski definition) is 7. The minimum atomic E-state index is -0.549. The van der Waals surface area contributed by atoms with Gasteiger partial charge >= 0.3 is 6.16 Å². The molecule has 0 aromatic carbocycles. The predicted molar refractivity (Wildman–Crippen MR) is 50.2 cm³/mol. The summed E-state index contributed by atoms with van der Waals surface area (Å²) in [5, 5.41) is 30.5. The van der Waals surface area contributed by atoms with E-state index in [2.05, 4.69) is 9.47 Å². The van der Waals surface area contributed by atoms with Crippen molar-refractivity contribution in [2.45, 2.75) is 13.0 Å². The van der Waals surface area contributed by atoms with Crippen LogP contribution >= 0.6 is 0 Å². The van der Waals surface area contributed by atoms with Crippen LogP contribution in [0.2, 0.25) is 0 Å². The van der Waals surface area contributed by atoms with E-state index in [0.717, 1.165) is 0 Å². The molecule has 7 nitrogen and oxygen atoms in total. The lowest BCUT2D eigenvalue weighted by Gasteiger charge is -1.90. The van der Waals surface area contributed by atoms with E-state index in [4.69, 9.17) is 20.4 Å². The summed E-state index contributed by atoms with van der Waals surface area (Å²) in [6, 6.07) is 0. The molecule has 4 N–H and O–H groups in total. The number of ether oxygens (including phenoxy) is 2. The summed E-state index contributed by atoms with van der Waals surface area (Å²) in [6.07, 6.45) is -0.597. The molecule has 0 aromatic rings. The van der Waals surface area contributed by atoms with Crippen molar-refractivity contribution < 1.29 is 34.7 Å². The second-order valence-corrected chi connectivity index (χ2v) is 2.38. The summed E-state index contributed by atoms with van der Waals surface area (Å²) in [6.45, 7) is 1.68. The summed E-state index contributed by atoms with van der Waals surface area (Å²) in [4.78, 5) is 10.0. The normalized spacial score (nSPS) is 17.7. The van der Waals surface area contributed by atoms with Gasteiger partial charge in [-0.3, -0.25) is 0 Å². The van der Waals surface area contributed by atoms with Gasteiger partial charge < -0.3 is 29.9 Å². The minimum absolute atomic E-state index is 0.0486. The van der Waals surface area contributed by atoms with Gasteiger partial charge in [0.25, 0.3) is 0 Å². The molecule has 92 valence electrons. The number of hydrogen-bond donors (Lipinski definition) is 4. The molecular weight excluding hydrogens is 208 g/mol. The van der Waals surface area contributed by atoms with Crippen molar-refractivity contribution in [2.75, 3.05) is 33.0 Å². The van der Waals surface area contributed by atoms with Crippen LogP contribution in [0.25, 0.3) is 0 Å². The lowest BCUT2D eigenvalue weighted by molar-refractivity contribution is 0.121. The van der Waals surface area contributed by atoms with Gasteiger partial charge in [-0.15, -0.1) is 0 Å². The van der Waals surface area contributed by atoms with Crippen LogP contribution in [0.4, 0.5) is 4.79 Å². The van der Waals surface area contributed by atoms with Crippen molar-refractivity contribution in [3.05, 3.63) is 0 Å². The van der Waals surface area contributed by atoms with Crippen LogP contribution < -0.4 is 0 Å². The number of carbonyl (C=O) groups is 1. The molecule has 1 fully saturated rings. The third-order valence-corrected chi connectivity index (χ3v) is 0.933. The second-order valence-electron chi connectivity index (χ2n) is 2.38. The highest BCUT2D eigenvalue weighted by Gasteiger charge is 2.19. The maximum Gasteiger partial charge on any atom is 0.508 e. The molecule has 1 aliphatic heterocycles. The Morgan fingerprint density at radius 2 is 1.53 bits per heavy atom. The number of aliphatic hydroxyl groups excluding tert-OH is 4. The van der Waals surface area contributed by atoms with Crippen LogP contribution in [0.1, 0.15) is 6.92 Å². The molecule has 1 atom stereocenters. The largest absolute Gasteiger partial charge is 0.508 e. The highest BCUT2D eigenvalue weighted by atomic mass is 16.8. The van der Waals surface area contributed by atoms with Crippen LogP contribution in [-0.4, -0.2) is 65.7 Å². The van der Waals surface area contributed by atoms with E-state index >= 15 is 0 Å². The second kappa shape index (κ2) is 13.1. The molecule has 0 aliphatic carbocycles. The Balaban J connectivity index is 0. The molecule has 1 rings (SSSR count). The Kier molecular flexibility index (Phi) is 14.5. The van der Waals surface area contributed by atoms with Crippen molar-refractivity contribution in [1.82, 2.24) is 0 Å². The lowest BCUT2D eigenvalue weighted by Crippen LogP contribution is -2.01. The summed E-state index contributed by atoms with van der Waals surface area (Å²) in [7, 11) is 0. The van der Waals surface area contributed by atoms with Crippen molar-refractivity contribution >= 4 is 6.16 Å². The van der Waals surface area contributed by atoms with Crippen LogP contribution in [0.5, 0.6) is 0 Å². The molecule has 0 amide bonds. The van der Waals surface area contributed by atoms with Gasteiger partial charge in [0.05, 0.1) is 26.4 Å². The van der Waals surface area contributed by atoms with Crippen LogP contribution in [-0.2, 0) is 9.47 Å². The Morgan fingerprint density at radius 3 is 1.60 bits per heavy atom. The Hall–Kier alpha value is -0.890. The molecule has 0 radical (unpaired) electrons. The summed E-state index contributed by atoms with van der Waals surface area (Å²) >= 11 is 0. The average molecular weight is 226 g/mol. The number of carbonyl (C=O) groups excluding carboxylic acids is 1. The van der Waals surface area contributed by atoms with Gasteiger partial charge in [0.2, 0.25) is 0 Å². The molecular formula is C8H18O7. The maximum atomic E-state index is 10.0. The van der Waals surface area contributed by atoms with Crippen LogP contribution in [0, 0.1) is 0 Å². The van der Waals surface area contributed by atoms with Gasteiger partial charge in [-0.1, -0.05) is 0 Å². The summed E-state index contributed by atoms with van der Waals surface area (Å²) in [5.41, 5.74) is 0. The monoisotopic (exact) mass is 226 g/mol. The smallest absolute Gasteiger partial charge is 0.430 e. The number of rotatable bonds is 2. The molecule has 0 aromatic heterocycles. The molecule has 1 aliphatic rings. The highest BCUT2D eigenvalue weighted by molar-refractivity contribution is 5.61. The summed E-state index contributed by atoms with van der Waals surface area (Å²) < 4.78 is 8.90. The molecule has 0 spiro atoms. The number of cyclic esters (lactones) is 2. The molecule has 1 unspecified atom stereocenters. The lowest BCUT2D eigenvalue weighted by atomic mass is 10.5. The molecule has 1 saturated heterocycles. The fraction of sp³-hybridized carbons (Fsp3) is 0.875. The standard InChI is InChI=1S/C4H6O3.2C2H6O2/c1-3-2-6-4(5)7-3;2*3-1-2-4/h3H,2H2,1H3;2*3-4H,1-2H2. The first-order valence-electron chi connectivity index (χ1n) is 4.39. The Morgan fingerprint density at radius 1 is 1.13 bits per heavy atom. The fourth-order valence-electron chi connectivity index (χ4n) is 0.418. The van der Waals surface area contributed by atoms with Crippen LogP contribution in [0.3, 0.4) is 0 Å². The van der Waals surface area contributed by atoms with Crippen LogP contribution in [0.15, 0.2) is 0 Å². The highest BCUT2D eigenvalue weighted by Crippen LogP contribution is 2.02. The molecule has 0 bridgehead atoms. The van der Waals surface area contributed by atoms with Crippen molar-refractivity contribution in [2.24, 2.45) is 0 Å². The quantitative estimate of drug-likeness (QED) is 0.423. The first-order chi connectivity index (χ1) is 7.12. The minimum Gasteiger partial charge on any atom is -0.430 e. The van der Waals surface area contributed by atoms with Crippen molar-refractivity contribution in [1.29, 1.82) is 0 Å². The van der Waals surface area contributed by atoms with E-state index in [1.807, 2.05) is 0 Å². The molecule has 1 heterocycles. The molecule has 15 heavy (non-hydrogen) atoms. The average Bonchev–Trinajstić information content (AvgIpc) is 2.63. The van der Waals surface area contributed by atoms with Gasteiger partial charge in [-0.2, -0.15) is 0 Å². The van der Waals surface area contributed by atoms with E-state index in [-0.39, 0.29) is 32.5 Å². The Bertz CT molecular complexity index is 131. The predicted octanol–water partition coefficient (Wildman–Crippen LogP) is -1.52. The van der Waals surface area contributed by atoms with E-state index in [1.165, 1.54) is 0 Å². The third kappa shape index (κ3) is 15.8. The fourth-order valence-corrected chi connectivity index (χ4v) is 0.418. The van der Waals surface area contributed by atoms with Gasteiger partial charge in [0.1, 0.15) is 12.7 Å². The van der Waals surface area contributed by atoms with E-state index < -0.39 is 6.16 Å². The van der Waals surface area contributed by atoms with E-state index in [9.17, 15) is 4.79 Å². The SMILES string of the molecule is CC1COC(=O)O1.OCCO.OCCO. The Labute approximate surface area is 87.9 Å². The number of aliphatic hydroxyl groups is 4. The first kappa shape index (κ1) is 16.5.